The topological polar surface area (TPSA) is 76.1 Å². The zero-order valence-electron chi connectivity index (χ0n) is 14.2. The highest BCUT2D eigenvalue weighted by atomic mass is 32.2. The summed E-state index contributed by atoms with van der Waals surface area (Å²) in [6.45, 7) is 4.76. The van der Waals surface area contributed by atoms with Crippen molar-refractivity contribution in [2.45, 2.75) is 43.6 Å². The normalized spacial score (nSPS) is 25.9. The Morgan fingerprint density at radius 3 is 2.92 bits per heavy atom. The van der Waals surface area contributed by atoms with Crippen LogP contribution in [0.15, 0.2) is 22.3 Å². The number of amides is 1. The highest BCUT2D eigenvalue weighted by molar-refractivity contribution is 8.00. The molecule has 0 aromatic carbocycles. The van der Waals surface area contributed by atoms with Crippen molar-refractivity contribution in [3.05, 3.63) is 38.3 Å². The van der Waals surface area contributed by atoms with Crippen molar-refractivity contribution in [1.29, 1.82) is 0 Å². The molecule has 0 saturated carbocycles. The van der Waals surface area contributed by atoms with Gasteiger partial charge in [0.05, 0.1) is 28.2 Å². The molecule has 4 rings (SSSR count). The van der Waals surface area contributed by atoms with E-state index in [1.165, 1.54) is 11.8 Å². The van der Waals surface area contributed by atoms with Gasteiger partial charge in [-0.15, -0.1) is 23.1 Å². The predicted octanol–water partition coefficient (Wildman–Crippen LogP) is 3.14. The first-order valence-electron chi connectivity index (χ1n) is 8.38. The second kappa shape index (κ2) is 6.34. The number of rotatable bonds is 2. The van der Waals surface area contributed by atoms with Crippen LogP contribution in [-0.4, -0.2) is 33.6 Å². The van der Waals surface area contributed by atoms with Gasteiger partial charge in [0.15, 0.2) is 0 Å². The Morgan fingerprint density at radius 1 is 1.36 bits per heavy atom. The lowest BCUT2D eigenvalue weighted by Crippen LogP contribution is -2.36. The summed E-state index contributed by atoms with van der Waals surface area (Å²) in [5, 5.41) is 7.83. The molecule has 8 heteroatoms. The van der Waals surface area contributed by atoms with E-state index in [4.69, 9.17) is 4.74 Å². The van der Waals surface area contributed by atoms with E-state index in [0.717, 1.165) is 17.7 Å². The van der Waals surface area contributed by atoms with Crippen LogP contribution in [0.2, 0.25) is 0 Å². The standard InChI is InChI=1S/C17H21N3O3S2/c1-17(2)8-10(5-6-23-17)20-15-13(16(22)19-20)14(11-4-3-7-24-11)25-9-12(21)18-15/h3-4,7,10,14H,5-6,8-9H2,1-2H3,(H,18,21)(H,19,22). The van der Waals surface area contributed by atoms with Crippen molar-refractivity contribution >= 4 is 34.8 Å². The summed E-state index contributed by atoms with van der Waals surface area (Å²) in [4.78, 5) is 26.1. The van der Waals surface area contributed by atoms with Crippen LogP contribution in [0.5, 0.6) is 0 Å². The fraction of sp³-hybridized carbons (Fsp3) is 0.529. The number of aromatic nitrogens is 2. The smallest absolute Gasteiger partial charge is 0.271 e. The number of carbonyl (C=O) groups excluding carboxylic acids is 1. The number of thioether (sulfide) groups is 1. The number of carbonyl (C=O) groups is 1. The Hall–Kier alpha value is -1.51. The van der Waals surface area contributed by atoms with Crippen molar-refractivity contribution in [3.63, 3.8) is 0 Å². The van der Waals surface area contributed by atoms with E-state index < -0.39 is 0 Å². The van der Waals surface area contributed by atoms with Gasteiger partial charge >= 0.3 is 0 Å². The molecule has 134 valence electrons. The molecule has 1 fully saturated rings. The number of ether oxygens (including phenoxy) is 1. The number of H-pyrrole nitrogens is 1. The Labute approximate surface area is 153 Å². The predicted molar refractivity (Wildman–Crippen MR) is 101 cm³/mol. The van der Waals surface area contributed by atoms with Crippen LogP contribution >= 0.6 is 23.1 Å². The average molecular weight is 380 g/mol. The molecule has 25 heavy (non-hydrogen) atoms. The molecule has 0 radical (unpaired) electrons. The van der Waals surface area contributed by atoms with Gasteiger partial charge in [-0.3, -0.25) is 19.4 Å². The summed E-state index contributed by atoms with van der Waals surface area (Å²) < 4.78 is 7.67. The molecule has 2 unspecified atom stereocenters. The van der Waals surface area contributed by atoms with Gasteiger partial charge in [-0.2, -0.15) is 0 Å². The van der Waals surface area contributed by atoms with Crippen LogP contribution in [0.1, 0.15) is 48.4 Å². The fourth-order valence-electron chi connectivity index (χ4n) is 3.60. The van der Waals surface area contributed by atoms with Gasteiger partial charge in [-0.25, -0.2) is 0 Å². The Morgan fingerprint density at radius 2 is 2.20 bits per heavy atom. The van der Waals surface area contributed by atoms with E-state index >= 15 is 0 Å². The van der Waals surface area contributed by atoms with Crippen molar-refractivity contribution in [3.8, 4) is 0 Å². The maximum Gasteiger partial charge on any atom is 0.271 e. The van der Waals surface area contributed by atoms with Crippen LogP contribution in [0.25, 0.3) is 0 Å². The van der Waals surface area contributed by atoms with E-state index in [-0.39, 0.29) is 28.4 Å². The van der Waals surface area contributed by atoms with Gasteiger partial charge in [0.2, 0.25) is 5.91 Å². The molecule has 2 aromatic heterocycles. The van der Waals surface area contributed by atoms with E-state index in [9.17, 15) is 9.59 Å². The third-order valence-electron chi connectivity index (χ3n) is 4.70. The van der Waals surface area contributed by atoms with E-state index in [0.29, 0.717) is 23.7 Å². The highest BCUT2D eigenvalue weighted by Gasteiger charge is 2.36. The molecule has 1 amide bonds. The van der Waals surface area contributed by atoms with Crippen LogP contribution in [-0.2, 0) is 9.53 Å². The molecule has 4 heterocycles. The molecule has 0 aliphatic carbocycles. The van der Waals surface area contributed by atoms with Crippen LogP contribution in [0, 0.1) is 0 Å². The first kappa shape index (κ1) is 16.9. The monoisotopic (exact) mass is 379 g/mol. The van der Waals surface area contributed by atoms with Gasteiger partial charge < -0.3 is 10.1 Å². The second-order valence-electron chi connectivity index (χ2n) is 7.08. The molecule has 0 spiro atoms. The number of fused-ring (bicyclic) bond motifs is 1. The molecule has 2 aliphatic heterocycles. The number of nitrogens with zero attached hydrogens (tertiary/aromatic N) is 1. The van der Waals surface area contributed by atoms with E-state index in [1.54, 1.807) is 11.3 Å². The van der Waals surface area contributed by atoms with Gasteiger partial charge in [-0.05, 0) is 38.1 Å². The molecule has 1 saturated heterocycles. The van der Waals surface area contributed by atoms with E-state index in [2.05, 4.69) is 24.3 Å². The average Bonchev–Trinajstić information content (AvgIpc) is 3.13. The highest BCUT2D eigenvalue weighted by Crippen LogP contribution is 2.43. The van der Waals surface area contributed by atoms with Crippen molar-refractivity contribution in [1.82, 2.24) is 9.78 Å². The number of thiophene rings is 1. The molecule has 2 atom stereocenters. The molecule has 0 bridgehead atoms. The van der Waals surface area contributed by atoms with Crippen LogP contribution < -0.4 is 10.9 Å². The number of anilines is 1. The number of nitrogens with one attached hydrogen (secondary N) is 2. The van der Waals surface area contributed by atoms with Gasteiger partial charge in [0.1, 0.15) is 5.82 Å². The lowest BCUT2D eigenvalue weighted by Gasteiger charge is -2.36. The maximum atomic E-state index is 12.8. The van der Waals surface area contributed by atoms with Crippen molar-refractivity contribution in [2.75, 3.05) is 17.7 Å². The summed E-state index contributed by atoms with van der Waals surface area (Å²) >= 11 is 3.12. The number of hydrogen-bond donors (Lipinski definition) is 2. The summed E-state index contributed by atoms with van der Waals surface area (Å²) in [5.74, 6) is 0.904. The summed E-state index contributed by atoms with van der Waals surface area (Å²) in [6.07, 6.45) is 1.60. The number of hydrogen-bond acceptors (Lipinski definition) is 5. The molecule has 2 aliphatic rings. The maximum absolute atomic E-state index is 12.8. The molecule has 2 N–H and O–H groups in total. The summed E-state index contributed by atoms with van der Waals surface area (Å²) in [5.41, 5.74) is 0.295. The molecule has 2 aromatic rings. The van der Waals surface area contributed by atoms with Crippen LogP contribution in [0.4, 0.5) is 5.82 Å². The third kappa shape index (κ3) is 3.18. The van der Waals surface area contributed by atoms with Crippen LogP contribution in [0.3, 0.4) is 0 Å². The quantitative estimate of drug-likeness (QED) is 0.840. The fourth-order valence-corrected chi connectivity index (χ4v) is 5.70. The van der Waals surface area contributed by atoms with E-state index in [1.807, 2.05) is 22.2 Å². The van der Waals surface area contributed by atoms with Crippen molar-refractivity contribution in [2.24, 2.45) is 0 Å². The largest absolute Gasteiger partial charge is 0.375 e. The molecular formula is C17H21N3O3S2. The molecular weight excluding hydrogens is 358 g/mol. The SMILES string of the molecule is CC1(C)CC(n2[nH]c(=O)c3c2NC(=O)CSC3c2cccs2)CCO1. The zero-order chi connectivity index (χ0) is 17.6. The first-order valence-corrected chi connectivity index (χ1v) is 10.3. The minimum Gasteiger partial charge on any atom is -0.375 e. The second-order valence-corrected chi connectivity index (χ2v) is 9.16. The minimum atomic E-state index is -0.242. The minimum absolute atomic E-state index is 0.0654. The summed E-state index contributed by atoms with van der Waals surface area (Å²) in [7, 11) is 0. The lowest BCUT2D eigenvalue weighted by atomic mass is 9.94. The van der Waals surface area contributed by atoms with Gasteiger partial charge in [0.25, 0.3) is 5.56 Å². The Kier molecular flexibility index (Phi) is 4.29. The Bertz CT molecular complexity index is 838. The zero-order valence-corrected chi connectivity index (χ0v) is 15.8. The summed E-state index contributed by atoms with van der Waals surface area (Å²) in [6, 6.07) is 4.11. The van der Waals surface area contributed by atoms with Gasteiger partial charge in [-0.1, -0.05) is 6.07 Å². The first-order chi connectivity index (χ1) is 11.9. The molecule has 6 nitrogen and oxygen atoms in total. The van der Waals surface area contributed by atoms with Crippen molar-refractivity contribution < 1.29 is 9.53 Å². The number of aromatic amines is 1. The lowest BCUT2D eigenvalue weighted by molar-refractivity contribution is -0.113. The Balaban J connectivity index is 1.80. The third-order valence-corrected chi connectivity index (χ3v) is 7.04. The van der Waals surface area contributed by atoms with Gasteiger partial charge in [0, 0.05) is 11.5 Å².